The van der Waals surface area contributed by atoms with Crippen LogP contribution < -0.4 is 5.73 Å². The number of aliphatic hydroxyl groups excluding tert-OH is 1. The second kappa shape index (κ2) is 7.74. The van der Waals surface area contributed by atoms with E-state index in [0.29, 0.717) is 0 Å². The second-order valence-corrected chi connectivity index (χ2v) is 1.74. The van der Waals surface area contributed by atoms with Gasteiger partial charge in [-0.2, -0.15) is 0 Å². The van der Waals surface area contributed by atoms with Crippen molar-refractivity contribution in [2.45, 2.75) is 6.04 Å². The summed E-state index contributed by atoms with van der Waals surface area (Å²) in [5.41, 5.74) is 5.05. The van der Waals surface area contributed by atoms with E-state index in [1.165, 1.54) is 0 Å². The molecule has 0 saturated heterocycles. The molecule has 0 radical (unpaired) electrons. The third kappa shape index (κ3) is 7.54. The molecule has 4 N–H and O–H groups in total. The van der Waals surface area contributed by atoms with Crippen LogP contribution in [0.4, 0.5) is 0 Å². The largest absolute Gasteiger partial charge is 0.480 e. The van der Waals surface area contributed by atoms with Gasteiger partial charge in [-0.1, -0.05) is 0 Å². The summed E-state index contributed by atoms with van der Waals surface area (Å²) < 4.78 is 4.65. The van der Waals surface area contributed by atoms with Crippen molar-refractivity contribution in [2.75, 3.05) is 19.8 Å². The zero-order valence-corrected chi connectivity index (χ0v) is 6.71. The van der Waals surface area contributed by atoms with Gasteiger partial charge in [0.25, 0.3) is 0 Å². The molecule has 1 atom stereocenters. The predicted octanol–water partition coefficient (Wildman–Crippen LogP) is -1.17. The lowest BCUT2D eigenvalue weighted by Crippen LogP contribution is -2.35. The van der Waals surface area contributed by atoms with E-state index in [9.17, 15) is 4.79 Å². The van der Waals surface area contributed by atoms with E-state index in [2.05, 4.69) is 4.74 Å². The summed E-state index contributed by atoms with van der Waals surface area (Å²) in [5.74, 6) is -1.10. The number of rotatable bonds is 5. The molecule has 0 saturated carbocycles. The molecule has 0 aliphatic rings. The molecule has 0 aromatic carbocycles. The molecule has 0 aliphatic heterocycles. The lowest BCUT2D eigenvalue weighted by molar-refractivity contribution is -0.140. The third-order valence-electron chi connectivity index (χ3n) is 0.850. The Bertz CT molecular complexity index is 111. The number of ether oxygens (including phenoxy) is 1. The average molecular weight is 186 g/mol. The Labute approximate surface area is 70.6 Å². The van der Waals surface area contributed by atoms with Gasteiger partial charge in [0.2, 0.25) is 0 Å². The van der Waals surface area contributed by atoms with Gasteiger partial charge >= 0.3 is 5.97 Å². The molecule has 11 heavy (non-hydrogen) atoms. The standard InChI is InChI=1S/C5H11NO4.ClH/c6-4(5(8)9)3-10-2-1-7;/h4,7H,1-3,6H2,(H,8,9);1H/t4-;/m0./s1. The van der Waals surface area contributed by atoms with Gasteiger partial charge in [-0.25, -0.2) is 0 Å². The number of aliphatic hydroxyl groups is 1. The van der Waals surface area contributed by atoms with Gasteiger partial charge in [0, 0.05) is 0 Å². The summed E-state index contributed by atoms with van der Waals surface area (Å²) in [5, 5.41) is 16.4. The van der Waals surface area contributed by atoms with Gasteiger partial charge in [0.1, 0.15) is 6.04 Å². The Balaban J connectivity index is 0. The minimum absolute atomic E-state index is 0. The molecular formula is C5H12ClNO4. The number of carboxylic acid groups (broad SMARTS) is 1. The van der Waals surface area contributed by atoms with Crippen LogP contribution in [-0.2, 0) is 9.53 Å². The maximum Gasteiger partial charge on any atom is 0.322 e. The van der Waals surface area contributed by atoms with E-state index in [1.807, 2.05) is 0 Å². The summed E-state index contributed by atoms with van der Waals surface area (Å²) in [6, 6.07) is -0.994. The van der Waals surface area contributed by atoms with E-state index in [4.69, 9.17) is 15.9 Å². The number of carboxylic acids is 1. The second-order valence-electron chi connectivity index (χ2n) is 1.74. The third-order valence-corrected chi connectivity index (χ3v) is 0.850. The zero-order chi connectivity index (χ0) is 7.98. The van der Waals surface area contributed by atoms with Gasteiger partial charge in [0.15, 0.2) is 0 Å². The fourth-order valence-corrected chi connectivity index (χ4v) is 0.346. The van der Waals surface area contributed by atoms with Crippen molar-refractivity contribution in [3.63, 3.8) is 0 Å². The molecule has 5 nitrogen and oxygen atoms in total. The van der Waals surface area contributed by atoms with Crippen LogP contribution in [-0.4, -0.2) is 42.0 Å². The number of hydrogen-bond donors (Lipinski definition) is 3. The molecule has 0 aromatic heterocycles. The van der Waals surface area contributed by atoms with Gasteiger partial charge in [-0.05, 0) is 0 Å². The van der Waals surface area contributed by atoms with Crippen molar-refractivity contribution in [1.82, 2.24) is 0 Å². The first kappa shape index (κ1) is 13.2. The van der Waals surface area contributed by atoms with Crippen LogP contribution in [0.5, 0.6) is 0 Å². The Kier molecular flexibility index (Phi) is 9.32. The van der Waals surface area contributed by atoms with Crippen molar-refractivity contribution in [2.24, 2.45) is 5.73 Å². The summed E-state index contributed by atoms with van der Waals surface area (Å²) in [4.78, 5) is 10.0. The van der Waals surface area contributed by atoms with Gasteiger partial charge in [-0.3, -0.25) is 4.79 Å². The van der Waals surface area contributed by atoms with Gasteiger partial charge in [-0.15, -0.1) is 12.4 Å². The van der Waals surface area contributed by atoms with Crippen LogP contribution in [0.2, 0.25) is 0 Å². The number of hydrogen-bond acceptors (Lipinski definition) is 4. The van der Waals surface area contributed by atoms with E-state index in [1.54, 1.807) is 0 Å². The SMILES string of the molecule is Cl.N[C@@H](COCCO)C(=O)O. The molecule has 0 heterocycles. The normalized spacial score (nSPS) is 11.8. The Morgan fingerprint density at radius 2 is 2.18 bits per heavy atom. The smallest absolute Gasteiger partial charge is 0.322 e. The molecule has 0 aromatic rings. The fourth-order valence-electron chi connectivity index (χ4n) is 0.346. The molecular weight excluding hydrogens is 174 g/mol. The number of aliphatic carboxylic acids is 1. The van der Waals surface area contributed by atoms with Crippen LogP contribution in [0, 0.1) is 0 Å². The van der Waals surface area contributed by atoms with Crippen LogP contribution in [0.25, 0.3) is 0 Å². The zero-order valence-electron chi connectivity index (χ0n) is 5.90. The number of nitrogens with two attached hydrogens (primary N) is 1. The first-order valence-electron chi connectivity index (χ1n) is 2.85. The highest BCUT2D eigenvalue weighted by Gasteiger charge is 2.09. The summed E-state index contributed by atoms with van der Waals surface area (Å²) in [6.07, 6.45) is 0. The molecule has 0 fully saturated rings. The maximum atomic E-state index is 10.0. The van der Waals surface area contributed by atoms with Crippen LogP contribution in [0.3, 0.4) is 0 Å². The Hall–Kier alpha value is -0.360. The lowest BCUT2D eigenvalue weighted by Gasteiger charge is -2.05. The highest BCUT2D eigenvalue weighted by atomic mass is 35.5. The minimum Gasteiger partial charge on any atom is -0.480 e. The van der Waals surface area contributed by atoms with Gasteiger partial charge in [0.05, 0.1) is 19.8 Å². The molecule has 0 rings (SSSR count). The van der Waals surface area contributed by atoms with E-state index >= 15 is 0 Å². The highest BCUT2D eigenvalue weighted by Crippen LogP contribution is 1.80. The molecule has 0 amide bonds. The Morgan fingerprint density at radius 3 is 2.55 bits per heavy atom. The number of halogens is 1. The van der Waals surface area contributed by atoms with Crippen molar-refractivity contribution >= 4 is 18.4 Å². The maximum absolute atomic E-state index is 10.0. The molecule has 6 heteroatoms. The quantitative estimate of drug-likeness (QED) is 0.470. The lowest BCUT2D eigenvalue weighted by atomic mass is 10.3. The molecule has 0 spiro atoms. The fraction of sp³-hybridized carbons (Fsp3) is 0.800. The summed E-state index contributed by atoms with van der Waals surface area (Å²) in [6.45, 7) is -0.0524. The van der Waals surface area contributed by atoms with Gasteiger partial charge < -0.3 is 20.7 Å². The van der Waals surface area contributed by atoms with Crippen LogP contribution in [0.15, 0.2) is 0 Å². The van der Waals surface area contributed by atoms with Crippen molar-refractivity contribution < 1.29 is 19.7 Å². The van der Waals surface area contributed by atoms with Crippen molar-refractivity contribution in [3.8, 4) is 0 Å². The first-order valence-corrected chi connectivity index (χ1v) is 2.85. The van der Waals surface area contributed by atoms with E-state index in [0.717, 1.165) is 0 Å². The van der Waals surface area contributed by atoms with E-state index < -0.39 is 12.0 Å². The summed E-state index contributed by atoms with van der Waals surface area (Å²) in [7, 11) is 0. The monoisotopic (exact) mass is 185 g/mol. The molecule has 0 bridgehead atoms. The van der Waals surface area contributed by atoms with Crippen molar-refractivity contribution in [3.05, 3.63) is 0 Å². The topological polar surface area (TPSA) is 92.8 Å². The van der Waals surface area contributed by atoms with Crippen LogP contribution >= 0.6 is 12.4 Å². The van der Waals surface area contributed by atoms with E-state index in [-0.39, 0.29) is 32.2 Å². The first-order chi connectivity index (χ1) is 4.68. The van der Waals surface area contributed by atoms with Crippen molar-refractivity contribution in [1.29, 1.82) is 0 Å². The molecule has 0 unspecified atom stereocenters. The average Bonchev–Trinajstić information content (AvgIpc) is 1.88. The minimum atomic E-state index is -1.10. The molecule has 0 aliphatic carbocycles. The van der Waals surface area contributed by atoms with Crippen LogP contribution in [0.1, 0.15) is 0 Å². The predicted molar refractivity (Wildman–Crippen MR) is 40.8 cm³/mol. The Morgan fingerprint density at radius 1 is 1.64 bits per heavy atom. The summed E-state index contributed by atoms with van der Waals surface area (Å²) >= 11 is 0. The molecule has 68 valence electrons. The number of carbonyl (C=O) groups is 1. The highest BCUT2D eigenvalue weighted by molar-refractivity contribution is 5.85.